The first kappa shape index (κ1) is 16.0. The van der Waals surface area contributed by atoms with Gasteiger partial charge in [-0.2, -0.15) is 0 Å². The number of nitrogens with zero attached hydrogens (tertiary/aromatic N) is 2. The molecule has 1 saturated heterocycles. The molecule has 0 aliphatic carbocycles. The quantitative estimate of drug-likeness (QED) is 0.924. The summed E-state index contributed by atoms with van der Waals surface area (Å²) in [4.78, 5) is 15.6. The molecular weight excluding hydrogens is 288 g/mol. The van der Waals surface area contributed by atoms with Crippen LogP contribution in [0.15, 0.2) is 36.4 Å². The largest absolute Gasteiger partial charge is 0.390 e. The van der Waals surface area contributed by atoms with E-state index in [2.05, 4.69) is 48.2 Å². The van der Waals surface area contributed by atoms with Gasteiger partial charge in [-0.25, -0.2) is 0 Å². The van der Waals surface area contributed by atoms with Gasteiger partial charge in [0.15, 0.2) is 0 Å². The highest BCUT2D eigenvalue weighted by atomic mass is 16.3. The van der Waals surface area contributed by atoms with Crippen LogP contribution in [0.25, 0.3) is 10.8 Å². The zero-order chi connectivity index (χ0) is 16.4. The monoisotopic (exact) mass is 312 g/mol. The summed E-state index contributed by atoms with van der Waals surface area (Å²) < 4.78 is 0. The van der Waals surface area contributed by atoms with Gasteiger partial charge >= 0.3 is 0 Å². The number of β-amino-alcohol motifs (C(OH)–C–C–N with tert-alkyl or cyclic N) is 1. The van der Waals surface area contributed by atoms with Crippen molar-refractivity contribution in [1.29, 1.82) is 0 Å². The fourth-order valence-corrected chi connectivity index (χ4v) is 3.36. The van der Waals surface area contributed by atoms with Crippen molar-refractivity contribution in [3.8, 4) is 0 Å². The van der Waals surface area contributed by atoms with Crippen LogP contribution >= 0.6 is 0 Å². The molecule has 0 unspecified atom stereocenters. The van der Waals surface area contributed by atoms with Gasteiger partial charge in [-0.3, -0.25) is 9.69 Å². The van der Waals surface area contributed by atoms with E-state index in [4.69, 9.17) is 0 Å². The molecule has 0 radical (unpaired) electrons. The Bertz CT molecular complexity index is 714. The molecule has 2 aromatic rings. The number of carbonyl (C=O) groups excluding carboxylic acids is 1. The fraction of sp³-hybridized carbons (Fsp3) is 0.421. The van der Waals surface area contributed by atoms with Gasteiger partial charge in [0.05, 0.1) is 6.10 Å². The summed E-state index contributed by atoms with van der Waals surface area (Å²) in [5.41, 5.74) is 2.58. The second-order valence-electron chi connectivity index (χ2n) is 6.44. The second-order valence-corrected chi connectivity index (χ2v) is 6.44. The van der Waals surface area contributed by atoms with Crippen LogP contribution in [-0.4, -0.2) is 53.1 Å². The van der Waals surface area contributed by atoms with Gasteiger partial charge in [-0.15, -0.1) is 0 Å². The summed E-state index contributed by atoms with van der Waals surface area (Å²) >= 11 is 0. The Hall–Kier alpha value is -1.91. The van der Waals surface area contributed by atoms with E-state index in [9.17, 15) is 9.90 Å². The van der Waals surface area contributed by atoms with Crippen LogP contribution in [0, 0.1) is 6.92 Å². The zero-order valence-corrected chi connectivity index (χ0v) is 13.8. The first-order valence-electron chi connectivity index (χ1n) is 8.18. The highest BCUT2D eigenvalue weighted by molar-refractivity contribution is 5.86. The zero-order valence-electron chi connectivity index (χ0n) is 13.8. The Morgan fingerprint density at radius 3 is 2.74 bits per heavy atom. The molecule has 0 aromatic heterocycles. The lowest BCUT2D eigenvalue weighted by Gasteiger charge is -2.23. The average Bonchev–Trinajstić information content (AvgIpc) is 2.71. The number of aliphatic hydroxyl groups excluding tert-OH is 1. The third-order valence-electron chi connectivity index (χ3n) is 4.69. The molecule has 1 fully saturated rings. The van der Waals surface area contributed by atoms with E-state index in [0.29, 0.717) is 19.6 Å². The Kier molecular flexibility index (Phi) is 4.64. The molecule has 0 bridgehead atoms. The summed E-state index contributed by atoms with van der Waals surface area (Å²) in [6.45, 7) is 7.01. The molecule has 1 aliphatic rings. The number of amides is 1. The molecule has 0 spiro atoms. The third-order valence-corrected chi connectivity index (χ3v) is 4.69. The predicted molar refractivity (Wildman–Crippen MR) is 92.2 cm³/mol. The van der Waals surface area contributed by atoms with Crippen molar-refractivity contribution >= 4 is 16.7 Å². The highest BCUT2D eigenvalue weighted by Crippen LogP contribution is 2.24. The molecule has 2 aromatic carbocycles. The van der Waals surface area contributed by atoms with Crippen LogP contribution < -0.4 is 0 Å². The maximum absolute atomic E-state index is 11.6. The van der Waals surface area contributed by atoms with Gasteiger partial charge in [0.25, 0.3) is 0 Å². The first-order chi connectivity index (χ1) is 11.0. The Balaban J connectivity index is 1.84. The minimum Gasteiger partial charge on any atom is -0.390 e. The van der Waals surface area contributed by atoms with Crippen molar-refractivity contribution in [1.82, 2.24) is 9.80 Å². The van der Waals surface area contributed by atoms with E-state index < -0.39 is 6.10 Å². The minimum atomic E-state index is -0.489. The van der Waals surface area contributed by atoms with Gasteiger partial charge in [0, 0.05) is 39.6 Å². The van der Waals surface area contributed by atoms with Gasteiger partial charge < -0.3 is 10.0 Å². The van der Waals surface area contributed by atoms with E-state index >= 15 is 0 Å². The Labute approximate surface area is 137 Å². The van der Waals surface area contributed by atoms with E-state index in [1.54, 1.807) is 11.8 Å². The van der Waals surface area contributed by atoms with E-state index in [1.165, 1.54) is 21.9 Å². The first-order valence-corrected chi connectivity index (χ1v) is 8.18. The smallest absolute Gasteiger partial charge is 0.219 e. The van der Waals surface area contributed by atoms with Crippen LogP contribution in [-0.2, 0) is 11.3 Å². The summed E-state index contributed by atoms with van der Waals surface area (Å²) in [7, 11) is 0. The van der Waals surface area contributed by atoms with Gasteiger partial charge in [0.1, 0.15) is 0 Å². The molecule has 122 valence electrons. The molecule has 4 heteroatoms. The third kappa shape index (κ3) is 3.54. The normalized spacial score (nSPS) is 19.8. The molecule has 1 amide bonds. The van der Waals surface area contributed by atoms with Crippen molar-refractivity contribution in [2.45, 2.75) is 26.5 Å². The molecule has 1 N–H and O–H groups in total. The molecule has 4 nitrogen and oxygen atoms in total. The number of rotatable bonds is 2. The molecule has 23 heavy (non-hydrogen) atoms. The van der Waals surface area contributed by atoms with Crippen molar-refractivity contribution in [3.05, 3.63) is 47.5 Å². The molecular formula is C19H24N2O2. The molecule has 1 atom stereocenters. The molecule has 1 aliphatic heterocycles. The Morgan fingerprint density at radius 1 is 1.17 bits per heavy atom. The lowest BCUT2D eigenvalue weighted by Crippen LogP contribution is -2.36. The summed E-state index contributed by atoms with van der Waals surface area (Å²) in [6.07, 6.45) is -0.489. The second kappa shape index (κ2) is 6.69. The van der Waals surface area contributed by atoms with Gasteiger partial charge in [-0.1, -0.05) is 36.4 Å². The van der Waals surface area contributed by atoms with Gasteiger partial charge in [-0.05, 0) is 28.8 Å². The van der Waals surface area contributed by atoms with Crippen molar-refractivity contribution in [3.63, 3.8) is 0 Å². The summed E-state index contributed by atoms with van der Waals surface area (Å²) in [6, 6.07) is 12.7. The SMILES string of the molecule is CC(=O)N1CCN(Cc2c(C)ccc3ccccc23)C[C@H](O)C1. The number of benzene rings is 2. The van der Waals surface area contributed by atoms with Crippen molar-refractivity contribution in [2.24, 2.45) is 0 Å². The number of fused-ring (bicyclic) bond motifs is 1. The lowest BCUT2D eigenvalue weighted by molar-refractivity contribution is -0.129. The molecule has 1 heterocycles. The lowest BCUT2D eigenvalue weighted by atomic mass is 9.99. The van der Waals surface area contributed by atoms with Crippen LogP contribution in [0.2, 0.25) is 0 Å². The summed E-state index contributed by atoms with van der Waals surface area (Å²) in [5, 5.41) is 12.7. The van der Waals surface area contributed by atoms with E-state index in [-0.39, 0.29) is 5.91 Å². The maximum atomic E-state index is 11.6. The number of hydrogen-bond acceptors (Lipinski definition) is 3. The Morgan fingerprint density at radius 2 is 1.96 bits per heavy atom. The van der Waals surface area contributed by atoms with E-state index in [0.717, 1.165) is 13.1 Å². The van der Waals surface area contributed by atoms with Crippen LogP contribution in [0.1, 0.15) is 18.1 Å². The van der Waals surface area contributed by atoms with Gasteiger partial charge in [0.2, 0.25) is 5.91 Å². The predicted octanol–water partition coefficient (Wildman–Crippen LogP) is 2.17. The van der Waals surface area contributed by atoms with Crippen LogP contribution in [0.3, 0.4) is 0 Å². The number of hydrogen-bond donors (Lipinski definition) is 1. The van der Waals surface area contributed by atoms with Crippen molar-refractivity contribution < 1.29 is 9.90 Å². The summed E-state index contributed by atoms with van der Waals surface area (Å²) in [5.74, 6) is 0.0345. The average molecular weight is 312 g/mol. The number of carbonyl (C=O) groups is 1. The maximum Gasteiger partial charge on any atom is 0.219 e. The van der Waals surface area contributed by atoms with Crippen LogP contribution in [0.4, 0.5) is 0 Å². The highest BCUT2D eigenvalue weighted by Gasteiger charge is 2.23. The number of aryl methyl sites for hydroxylation is 1. The topological polar surface area (TPSA) is 43.8 Å². The molecule has 3 rings (SSSR count). The number of aliphatic hydroxyl groups is 1. The minimum absolute atomic E-state index is 0.0345. The van der Waals surface area contributed by atoms with Crippen LogP contribution in [0.5, 0.6) is 0 Å². The fourth-order valence-electron chi connectivity index (χ4n) is 3.36. The molecule has 0 saturated carbocycles. The van der Waals surface area contributed by atoms with Crippen molar-refractivity contribution in [2.75, 3.05) is 26.2 Å². The van der Waals surface area contributed by atoms with E-state index in [1.807, 2.05) is 0 Å². The standard InChI is InChI=1S/C19H24N2O2/c1-14-7-8-16-5-3-4-6-18(16)19(14)13-20-9-10-21(15(2)22)12-17(23)11-20/h3-8,17,23H,9-13H2,1-2H3/t17-/m0/s1.